The van der Waals surface area contributed by atoms with Crippen LogP contribution in [-0.4, -0.2) is 23.7 Å². The molecular formula is C11H15NO4. The molecule has 0 bridgehead atoms. The zero-order valence-electron chi connectivity index (χ0n) is 9.34. The van der Waals surface area contributed by atoms with Crippen LogP contribution >= 0.6 is 0 Å². The Morgan fingerprint density at radius 2 is 2.25 bits per heavy atom. The molecule has 0 radical (unpaired) electrons. The Morgan fingerprint density at radius 1 is 1.56 bits per heavy atom. The van der Waals surface area contributed by atoms with Gasteiger partial charge >= 0.3 is 0 Å². The van der Waals surface area contributed by atoms with E-state index in [1.165, 1.54) is 13.2 Å². The fraction of sp³-hybridized carbons (Fsp3) is 0.455. The first kappa shape index (κ1) is 12.4. The normalized spacial score (nSPS) is 12.2. The van der Waals surface area contributed by atoms with Gasteiger partial charge in [-0.1, -0.05) is 6.92 Å². The molecule has 0 saturated heterocycles. The maximum absolute atomic E-state index is 10.8. The van der Waals surface area contributed by atoms with Gasteiger partial charge in [-0.15, -0.1) is 0 Å². The average molecular weight is 225 g/mol. The highest BCUT2D eigenvalue weighted by atomic mass is 16.6. The minimum atomic E-state index is -0.429. The van der Waals surface area contributed by atoms with Crippen LogP contribution in [0.15, 0.2) is 18.2 Å². The zero-order valence-corrected chi connectivity index (χ0v) is 9.34. The average Bonchev–Trinajstić information content (AvgIpc) is 2.29. The van der Waals surface area contributed by atoms with Crippen LogP contribution < -0.4 is 4.74 Å². The lowest BCUT2D eigenvalue weighted by molar-refractivity contribution is -0.385. The molecule has 0 fully saturated rings. The van der Waals surface area contributed by atoms with E-state index in [1.54, 1.807) is 12.1 Å². The van der Waals surface area contributed by atoms with Crippen molar-refractivity contribution in [1.29, 1.82) is 0 Å². The zero-order chi connectivity index (χ0) is 12.1. The molecular weight excluding hydrogens is 210 g/mol. The highest BCUT2D eigenvalue weighted by molar-refractivity contribution is 5.46. The Morgan fingerprint density at radius 3 is 2.75 bits per heavy atom. The molecule has 1 unspecified atom stereocenters. The Balaban J connectivity index is 3.03. The van der Waals surface area contributed by atoms with Gasteiger partial charge in [0.05, 0.1) is 18.1 Å². The van der Waals surface area contributed by atoms with Crippen LogP contribution in [0.2, 0.25) is 0 Å². The first-order valence-electron chi connectivity index (χ1n) is 5.00. The summed E-state index contributed by atoms with van der Waals surface area (Å²) in [7, 11) is 1.47. The molecule has 0 spiro atoms. The number of hydrogen-bond acceptors (Lipinski definition) is 4. The fourth-order valence-electron chi connectivity index (χ4n) is 1.45. The van der Waals surface area contributed by atoms with Gasteiger partial charge < -0.3 is 9.84 Å². The maximum Gasteiger partial charge on any atom is 0.276 e. The van der Waals surface area contributed by atoms with Gasteiger partial charge in [0.25, 0.3) is 5.69 Å². The molecule has 1 aromatic carbocycles. The Hall–Kier alpha value is -1.62. The second-order valence-corrected chi connectivity index (χ2v) is 3.74. The third kappa shape index (κ3) is 2.93. The second-order valence-electron chi connectivity index (χ2n) is 3.74. The van der Waals surface area contributed by atoms with Crippen molar-refractivity contribution in [2.24, 2.45) is 5.92 Å². The maximum atomic E-state index is 10.8. The third-order valence-corrected chi connectivity index (χ3v) is 2.37. The van der Waals surface area contributed by atoms with Crippen molar-refractivity contribution in [1.82, 2.24) is 0 Å². The summed E-state index contributed by atoms with van der Waals surface area (Å²) >= 11 is 0. The number of aliphatic hydroxyl groups excluding tert-OH is 1. The topological polar surface area (TPSA) is 72.6 Å². The van der Waals surface area contributed by atoms with Crippen molar-refractivity contribution in [2.45, 2.75) is 13.3 Å². The Bertz CT molecular complexity index is 378. The molecule has 1 aromatic rings. The molecule has 1 N–H and O–H groups in total. The molecule has 0 aliphatic heterocycles. The van der Waals surface area contributed by atoms with Gasteiger partial charge in [0.2, 0.25) is 0 Å². The van der Waals surface area contributed by atoms with Crippen LogP contribution in [0, 0.1) is 16.0 Å². The number of nitrogens with zero attached hydrogens (tertiary/aromatic N) is 1. The predicted octanol–water partition coefficient (Wildman–Crippen LogP) is 1.77. The summed E-state index contributed by atoms with van der Waals surface area (Å²) in [4.78, 5) is 10.4. The van der Waals surface area contributed by atoms with E-state index < -0.39 is 4.92 Å². The third-order valence-electron chi connectivity index (χ3n) is 2.37. The number of benzene rings is 1. The van der Waals surface area contributed by atoms with Crippen molar-refractivity contribution in [3.05, 3.63) is 33.9 Å². The lowest BCUT2D eigenvalue weighted by atomic mass is 10.0. The smallest absolute Gasteiger partial charge is 0.276 e. The van der Waals surface area contributed by atoms with Crippen LogP contribution in [-0.2, 0) is 6.42 Å². The van der Waals surface area contributed by atoms with Crippen molar-refractivity contribution in [3.8, 4) is 5.75 Å². The molecule has 16 heavy (non-hydrogen) atoms. The van der Waals surface area contributed by atoms with Gasteiger partial charge in [0.1, 0.15) is 5.75 Å². The number of aliphatic hydroxyl groups is 1. The number of nitro groups is 1. The monoisotopic (exact) mass is 225 g/mol. The molecule has 88 valence electrons. The van der Waals surface area contributed by atoms with Crippen LogP contribution in [0.25, 0.3) is 0 Å². The van der Waals surface area contributed by atoms with Crippen molar-refractivity contribution in [2.75, 3.05) is 13.7 Å². The first-order chi connectivity index (χ1) is 7.58. The summed E-state index contributed by atoms with van der Waals surface area (Å²) in [6.07, 6.45) is 0.483. The summed E-state index contributed by atoms with van der Waals surface area (Å²) < 4.78 is 4.94. The molecule has 5 heteroatoms. The van der Waals surface area contributed by atoms with E-state index in [4.69, 9.17) is 9.84 Å². The van der Waals surface area contributed by atoms with Crippen LogP contribution in [0.4, 0.5) is 5.69 Å². The molecule has 0 heterocycles. The van der Waals surface area contributed by atoms with Gasteiger partial charge in [-0.3, -0.25) is 10.1 Å². The first-order valence-corrected chi connectivity index (χ1v) is 5.00. The quantitative estimate of drug-likeness (QED) is 0.612. The minimum absolute atomic E-state index is 0.00657. The number of ether oxygens (including phenoxy) is 1. The lowest BCUT2D eigenvalue weighted by Crippen LogP contribution is -2.06. The molecule has 0 amide bonds. The van der Waals surface area contributed by atoms with Gasteiger partial charge in [0.15, 0.2) is 0 Å². The van der Waals surface area contributed by atoms with Crippen LogP contribution in [0.1, 0.15) is 12.5 Å². The molecule has 0 aliphatic rings. The van der Waals surface area contributed by atoms with Gasteiger partial charge in [0, 0.05) is 12.2 Å². The minimum Gasteiger partial charge on any atom is -0.497 e. The van der Waals surface area contributed by atoms with E-state index in [0.717, 1.165) is 0 Å². The number of methoxy groups -OCH3 is 1. The molecule has 1 atom stereocenters. The highest BCUT2D eigenvalue weighted by Crippen LogP contribution is 2.26. The lowest BCUT2D eigenvalue weighted by Gasteiger charge is -2.09. The summed E-state index contributed by atoms with van der Waals surface area (Å²) in [6.45, 7) is 1.86. The van der Waals surface area contributed by atoms with Crippen molar-refractivity contribution >= 4 is 5.69 Å². The largest absolute Gasteiger partial charge is 0.497 e. The van der Waals surface area contributed by atoms with E-state index in [9.17, 15) is 10.1 Å². The summed E-state index contributed by atoms with van der Waals surface area (Å²) in [5.41, 5.74) is 0.659. The Kier molecular flexibility index (Phi) is 4.25. The van der Waals surface area contributed by atoms with Crippen LogP contribution in [0.5, 0.6) is 5.75 Å². The van der Waals surface area contributed by atoms with E-state index >= 15 is 0 Å². The number of hydrogen-bond donors (Lipinski definition) is 1. The molecule has 5 nitrogen and oxygen atoms in total. The standard InChI is InChI=1S/C11H15NO4/c1-8(7-13)5-9-3-4-10(16-2)6-11(9)12(14)15/h3-4,6,8,13H,5,7H2,1-2H3. The molecule has 0 saturated carbocycles. The van der Waals surface area contributed by atoms with Crippen LogP contribution in [0.3, 0.4) is 0 Å². The van der Waals surface area contributed by atoms with Gasteiger partial charge in [-0.2, -0.15) is 0 Å². The highest BCUT2D eigenvalue weighted by Gasteiger charge is 2.16. The molecule has 1 rings (SSSR count). The number of rotatable bonds is 5. The molecule has 0 aromatic heterocycles. The summed E-state index contributed by atoms with van der Waals surface area (Å²) in [5, 5.41) is 19.8. The van der Waals surface area contributed by atoms with Crippen molar-refractivity contribution in [3.63, 3.8) is 0 Å². The van der Waals surface area contributed by atoms with E-state index in [2.05, 4.69) is 0 Å². The molecule has 0 aliphatic carbocycles. The van der Waals surface area contributed by atoms with Gasteiger partial charge in [-0.05, 0) is 24.5 Å². The van der Waals surface area contributed by atoms with E-state index in [-0.39, 0.29) is 18.2 Å². The van der Waals surface area contributed by atoms with Gasteiger partial charge in [-0.25, -0.2) is 0 Å². The Labute approximate surface area is 93.8 Å². The summed E-state index contributed by atoms with van der Waals surface area (Å²) in [5.74, 6) is 0.471. The van der Waals surface area contributed by atoms with E-state index in [0.29, 0.717) is 17.7 Å². The second kappa shape index (κ2) is 5.46. The van der Waals surface area contributed by atoms with E-state index in [1.807, 2.05) is 6.92 Å². The SMILES string of the molecule is COc1ccc(CC(C)CO)c([N+](=O)[O-])c1. The summed E-state index contributed by atoms with van der Waals surface area (Å²) in [6, 6.07) is 4.76. The predicted molar refractivity (Wildman–Crippen MR) is 59.6 cm³/mol. The number of nitro benzene ring substituents is 1. The fourth-order valence-corrected chi connectivity index (χ4v) is 1.45. The van der Waals surface area contributed by atoms with Crippen molar-refractivity contribution < 1.29 is 14.8 Å².